The van der Waals surface area contributed by atoms with Crippen LogP contribution >= 0.6 is 11.3 Å². The Labute approximate surface area is 167 Å². The molecule has 28 heavy (non-hydrogen) atoms. The van der Waals surface area contributed by atoms with Gasteiger partial charge in [0.2, 0.25) is 0 Å². The molecule has 1 N–H and O–H groups in total. The Morgan fingerprint density at radius 2 is 2.14 bits per heavy atom. The smallest absolute Gasteiger partial charge is 0.182 e. The lowest BCUT2D eigenvalue weighted by atomic mass is 10.1. The van der Waals surface area contributed by atoms with Crippen molar-refractivity contribution < 1.29 is 0 Å². The van der Waals surface area contributed by atoms with Crippen LogP contribution < -0.4 is 5.32 Å². The van der Waals surface area contributed by atoms with Crippen LogP contribution in [0.5, 0.6) is 0 Å². The van der Waals surface area contributed by atoms with Crippen LogP contribution in [-0.4, -0.2) is 36.1 Å². The van der Waals surface area contributed by atoms with Crippen molar-refractivity contribution in [2.24, 2.45) is 0 Å². The van der Waals surface area contributed by atoms with Crippen LogP contribution in [0.15, 0.2) is 23.7 Å². The third-order valence-corrected chi connectivity index (χ3v) is 6.02. The number of nitrogens with one attached hydrogen (secondary N) is 1. The Balaban J connectivity index is 1.70. The molecule has 0 atom stereocenters. The Morgan fingerprint density at radius 3 is 2.96 bits per heavy atom. The monoisotopic (exact) mass is 393 g/mol. The number of pyridine rings is 1. The summed E-state index contributed by atoms with van der Waals surface area (Å²) in [6, 6.07) is 4.27. The fraction of sp³-hybridized carbons (Fsp3) is 0.400. The minimum absolute atomic E-state index is 0.773. The van der Waals surface area contributed by atoms with Gasteiger partial charge in [-0.05, 0) is 38.4 Å². The summed E-state index contributed by atoms with van der Waals surface area (Å²) in [5.74, 6) is 0. The molecule has 7 nitrogen and oxygen atoms in total. The van der Waals surface area contributed by atoms with Gasteiger partial charge in [0.05, 0.1) is 16.8 Å². The van der Waals surface area contributed by atoms with Crippen LogP contribution in [0.4, 0.5) is 0 Å². The van der Waals surface area contributed by atoms with Gasteiger partial charge in [0.25, 0.3) is 0 Å². The molecule has 1 aliphatic heterocycles. The van der Waals surface area contributed by atoms with Gasteiger partial charge in [0.15, 0.2) is 5.65 Å². The summed E-state index contributed by atoms with van der Waals surface area (Å²) < 4.78 is 4.16. The first-order chi connectivity index (χ1) is 13.7. The summed E-state index contributed by atoms with van der Waals surface area (Å²) in [5, 5.41) is 17.2. The zero-order valence-electron chi connectivity index (χ0n) is 16.1. The molecule has 1 aliphatic rings. The van der Waals surface area contributed by atoms with Gasteiger partial charge in [-0.25, -0.2) is 9.97 Å². The van der Waals surface area contributed by atoms with E-state index < -0.39 is 0 Å². The molecule has 0 fully saturated rings. The highest BCUT2D eigenvalue weighted by Crippen LogP contribution is 2.34. The zero-order chi connectivity index (χ0) is 19.1. The van der Waals surface area contributed by atoms with Crippen molar-refractivity contribution in [3.05, 3.63) is 35.1 Å². The molecule has 0 amide bonds. The van der Waals surface area contributed by atoms with Gasteiger partial charge in [-0.2, -0.15) is 10.2 Å². The van der Waals surface area contributed by atoms with Crippen molar-refractivity contribution in [2.45, 2.75) is 46.3 Å². The highest BCUT2D eigenvalue weighted by Gasteiger charge is 2.20. The van der Waals surface area contributed by atoms with Crippen LogP contribution in [0.2, 0.25) is 0 Å². The summed E-state index contributed by atoms with van der Waals surface area (Å²) in [4.78, 5) is 9.46. The second-order valence-corrected chi connectivity index (χ2v) is 8.07. The molecule has 144 valence electrons. The van der Waals surface area contributed by atoms with Gasteiger partial charge < -0.3 is 5.32 Å². The van der Waals surface area contributed by atoms with Crippen molar-refractivity contribution in [1.29, 1.82) is 0 Å². The van der Waals surface area contributed by atoms with Crippen molar-refractivity contribution in [3.8, 4) is 22.0 Å². The zero-order valence-corrected chi connectivity index (χ0v) is 17.0. The Bertz CT molecular complexity index is 1100. The Morgan fingerprint density at radius 1 is 1.21 bits per heavy atom. The van der Waals surface area contributed by atoms with E-state index in [4.69, 9.17) is 15.2 Å². The Kier molecular flexibility index (Phi) is 4.44. The second-order valence-electron chi connectivity index (χ2n) is 7.17. The first kappa shape index (κ1) is 17.5. The number of thiazole rings is 1. The number of fused-ring (bicyclic) bond motifs is 2. The fourth-order valence-electron chi connectivity index (χ4n) is 3.85. The van der Waals surface area contributed by atoms with Gasteiger partial charge in [0.1, 0.15) is 10.7 Å². The lowest BCUT2D eigenvalue weighted by Crippen LogP contribution is -2.11. The van der Waals surface area contributed by atoms with Crippen LogP contribution in [0.3, 0.4) is 0 Å². The third kappa shape index (κ3) is 2.93. The summed E-state index contributed by atoms with van der Waals surface area (Å²) >= 11 is 1.64. The van der Waals surface area contributed by atoms with E-state index >= 15 is 0 Å². The SMILES string of the molecule is CCCn1nc2nc(-c3cc4n(n3)CCCNC4)cc(-c3nccs3)c2c1C. The van der Waals surface area contributed by atoms with E-state index in [9.17, 15) is 0 Å². The second kappa shape index (κ2) is 7.10. The maximum atomic E-state index is 4.90. The van der Waals surface area contributed by atoms with Gasteiger partial charge in [-0.3, -0.25) is 9.36 Å². The van der Waals surface area contributed by atoms with E-state index in [-0.39, 0.29) is 0 Å². The average Bonchev–Trinajstić information content (AvgIpc) is 3.40. The molecular weight excluding hydrogens is 370 g/mol. The number of hydrogen-bond acceptors (Lipinski definition) is 6. The van der Waals surface area contributed by atoms with Gasteiger partial charge in [-0.15, -0.1) is 11.3 Å². The van der Waals surface area contributed by atoms with Crippen LogP contribution in [-0.2, 0) is 19.6 Å². The summed E-state index contributed by atoms with van der Waals surface area (Å²) in [7, 11) is 0. The summed E-state index contributed by atoms with van der Waals surface area (Å²) in [5.41, 5.74) is 5.98. The first-order valence-electron chi connectivity index (χ1n) is 9.80. The van der Waals surface area contributed by atoms with Gasteiger partial charge >= 0.3 is 0 Å². The molecule has 0 spiro atoms. The number of aryl methyl sites for hydroxylation is 3. The molecule has 0 radical (unpaired) electrons. The molecule has 0 aromatic carbocycles. The van der Waals surface area contributed by atoms with Crippen molar-refractivity contribution in [1.82, 2.24) is 34.8 Å². The predicted molar refractivity (Wildman–Crippen MR) is 111 cm³/mol. The molecular formula is C20H23N7S. The molecule has 0 saturated heterocycles. The van der Waals surface area contributed by atoms with E-state index in [0.29, 0.717) is 0 Å². The quantitative estimate of drug-likeness (QED) is 0.573. The Hall–Kier alpha value is -2.58. The van der Waals surface area contributed by atoms with E-state index in [1.807, 2.05) is 11.6 Å². The van der Waals surface area contributed by atoms with Crippen molar-refractivity contribution >= 4 is 22.4 Å². The normalized spacial score (nSPS) is 14.4. The van der Waals surface area contributed by atoms with Crippen LogP contribution in [0, 0.1) is 6.92 Å². The number of nitrogens with zero attached hydrogens (tertiary/aromatic N) is 6. The largest absolute Gasteiger partial charge is 0.311 e. The van der Waals surface area contributed by atoms with Gasteiger partial charge in [0, 0.05) is 42.5 Å². The standard InChI is InChI=1S/C20H23N7S/c1-3-7-26-13(2)18-15(20-22-6-9-28-20)11-16(23-19(18)25-26)17-10-14-12-21-5-4-8-27(14)24-17/h6,9-11,21H,3-5,7-8,12H2,1-2H3. The van der Waals surface area contributed by atoms with E-state index in [1.54, 1.807) is 11.3 Å². The maximum Gasteiger partial charge on any atom is 0.182 e. The molecule has 8 heteroatoms. The topological polar surface area (TPSA) is 73.5 Å². The third-order valence-electron chi connectivity index (χ3n) is 5.22. The fourth-order valence-corrected chi connectivity index (χ4v) is 4.51. The summed E-state index contributed by atoms with van der Waals surface area (Å²) in [6.07, 6.45) is 3.98. The molecule has 5 rings (SSSR count). The molecule has 4 aromatic heterocycles. The molecule has 0 aliphatic carbocycles. The number of aromatic nitrogens is 6. The molecule has 0 unspecified atom stereocenters. The van der Waals surface area contributed by atoms with Crippen molar-refractivity contribution in [3.63, 3.8) is 0 Å². The van der Waals surface area contributed by atoms with Gasteiger partial charge in [-0.1, -0.05) is 6.92 Å². The van der Waals surface area contributed by atoms with Crippen LogP contribution in [0.25, 0.3) is 33.0 Å². The lowest BCUT2D eigenvalue weighted by molar-refractivity contribution is 0.588. The van der Waals surface area contributed by atoms with E-state index in [0.717, 1.165) is 77.7 Å². The summed E-state index contributed by atoms with van der Waals surface area (Å²) in [6.45, 7) is 7.99. The first-order valence-corrected chi connectivity index (χ1v) is 10.7. The predicted octanol–water partition coefficient (Wildman–Crippen LogP) is 3.63. The van der Waals surface area contributed by atoms with Crippen molar-refractivity contribution in [2.75, 3.05) is 6.54 Å². The number of rotatable bonds is 4. The van der Waals surface area contributed by atoms with E-state index in [1.165, 1.54) is 5.69 Å². The van der Waals surface area contributed by atoms with Crippen LogP contribution in [0.1, 0.15) is 31.2 Å². The molecule has 0 saturated carbocycles. The minimum Gasteiger partial charge on any atom is -0.311 e. The molecule has 0 bridgehead atoms. The maximum absolute atomic E-state index is 4.90. The average molecular weight is 394 g/mol. The molecule has 5 heterocycles. The molecule has 4 aromatic rings. The number of hydrogen-bond donors (Lipinski definition) is 1. The highest BCUT2D eigenvalue weighted by atomic mass is 32.1. The lowest BCUT2D eigenvalue weighted by Gasteiger charge is -2.04. The minimum atomic E-state index is 0.773. The van der Waals surface area contributed by atoms with E-state index in [2.05, 4.69) is 45.6 Å². The highest BCUT2D eigenvalue weighted by molar-refractivity contribution is 7.13.